The second kappa shape index (κ2) is 13.5. The lowest BCUT2D eigenvalue weighted by Crippen LogP contribution is -2.48. The zero-order valence-corrected chi connectivity index (χ0v) is 26.0. The van der Waals surface area contributed by atoms with Crippen molar-refractivity contribution in [1.29, 1.82) is 0 Å². The quantitative estimate of drug-likeness (QED) is 0.251. The molecule has 45 heavy (non-hydrogen) atoms. The number of nitrogens with zero attached hydrogens (tertiary/aromatic N) is 4. The van der Waals surface area contributed by atoms with E-state index < -0.39 is 22.0 Å². The van der Waals surface area contributed by atoms with Gasteiger partial charge in [0.1, 0.15) is 23.6 Å². The number of carbonyl (C=O) groups excluding carboxylic acids is 2. The fourth-order valence-electron chi connectivity index (χ4n) is 6.05. The highest BCUT2D eigenvalue weighted by Gasteiger charge is 2.37. The van der Waals surface area contributed by atoms with Crippen LogP contribution in [0.5, 0.6) is 0 Å². The van der Waals surface area contributed by atoms with Gasteiger partial charge in [-0.15, -0.1) is 5.10 Å². The van der Waals surface area contributed by atoms with E-state index in [-0.39, 0.29) is 36.0 Å². The summed E-state index contributed by atoms with van der Waals surface area (Å²) in [6.45, 7) is 2.37. The van der Waals surface area contributed by atoms with Gasteiger partial charge in [0.2, 0.25) is 15.9 Å². The molecule has 3 heterocycles. The third-order valence-corrected chi connectivity index (χ3v) is 9.85. The molecule has 1 aliphatic heterocycles. The number of aromatic nitrogens is 3. The normalized spacial score (nSPS) is 18.2. The topological polar surface area (TPSA) is 149 Å². The van der Waals surface area contributed by atoms with Crippen LogP contribution < -0.4 is 14.9 Å². The molecule has 0 unspecified atom stereocenters. The van der Waals surface area contributed by atoms with E-state index in [0.717, 1.165) is 44.9 Å². The number of furan rings is 1. The van der Waals surface area contributed by atoms with Crippen LogP contribution in [-0.2, 0) is 30.9 Å². The number of hydrogen-bond acceptors (Lipinski definition) is 8. The minimum atomic E-state index is -3.83. The van der Waals surface area contributed by atoms with E-state index in [9.17, 15) is 18.0 Å². The SMILES string of the molecule is Cc1ccc([C@H](C(=O)NC2CCCCC2)N(C(=O)Cn2nnc3ccccc32)c2ccc(S(=O)(=O)NC[C@H]3CCCO3)cc2)o1. The van der Waals surface area contributed by atoms with Gasteiger partial charge >= 0.3 is 0 Å². The molecule has 12 nitrogen and oxygen atoms in total. The molecule has 2 fully saturated rings. The summed E-state index contributed by atoms with van der Waals surface area (Å²) < 4.78 is 41.8. The van der Waals surface area contributed by atoms with Gasteiger partial charge in [0.15, 0.2) is 6.04 Å². The summed E-state index contributed by atoms with van der Waals surface area (Å²) in [4.78, 5) is 29.8. The summed E-state index contributed by atoms with van der Waals surface area (Å²) in [5, 5.41) is 11.5. The molecule has 0 radical (unpaired) electrons. The summed E-state index contributed by atoms with van der Waals surface area (Å²) in [7, 11) is -3.83. The zero-order chi connectivity index (χ0) is 31.4. The first-order valence-corrected chi connectivity index (χ1v) is 16.9. The lowest BCUT2D eigenvalue weighted by molar-refractivity contribution is -0.128. The van der Waals surface area contributed by atoms with Crippen LogP contribution in [0.1, 0.15) is 62.5 Å². The van der Waals surface area contributed by atoms with E-state index >= 15 is 0 Å². The van der Waals surface area contributed by atoms with E-state index in [0.29, 0.717) is 34.8 Å². The number of para-hydroxylation sites is 1. The van der Waals surface area contributed by atoms with Crippen molar-refractivity contribution in [3.8, 4) is 0 Å². The van der Waals surface area contributed by atoms with Gasteiger partial charge < -0.3 is 14.5 Å². The van der Waals surface area contributed by atoms with Gasteiger partial charge in [0.25, 0.3) is 5.91 Å². The van der Waals surface area contributed by atoms with Crippen molar-refractivity contribution >= 4 is 38.6 Å². The Labute approximate surface area is 262 Å². The highest BCUT2D eigenvalue weighted by molar-refractivity contribution is 7.89. The number of hydrogen-bond donors (Lipinski definition) is 2. The van der Waals surface area contributed by atoms with Crippen LogP contribution in [0.2, 0.25) is 0 Å². The van der Waals surface area contributed by atoms with Crippen molar-refractivity contribution in [2.45, 2.75) is 81.5 Å². The maximum absolute atomic E-state index is 14.3. The van der Waals surface area contributed by atoms with Crippen molar-refractivity contribution < 1.29 is 27.2 Å². The van der Waals surface area contributed by atoms with Crippen molar-refractivity contribution in [3.63, 3.8) is 0 Å². The number of anilines is 1. The fraction of sp³-hybridized carbons (Fsp3) is 0.438. The van der Waals surface area contributed by atoms with Crippen molar-refractivity contribution in [1.82, 2.24) is 25.0 Å². The molecule has 4 aromatic rings. The maximum Gasteiger partial charge on any atom is 0.251 e. The van der Waals surface area contributed by atoms with Gasteiger partial charge in [-0.25, -0.2) is 17.8 Å². The number of carbonyl (C=O) groups is 2. The third kappa shape index (κ3) is 7.10. The van der Waals surface area contributed by atoms with Crippen LogP contribution in [0.3, 0.4) is 0 Å². The van der Waals surface area contributed by atoms with Crippen LogP contribution in [-0.4, -0.2) is 60.5 Å². The van der Waals surface area contributed by atoms with Crippen LogP contribution >= 0.6 is 0 Å². The average Bonchev–Trinajstić information content (AvgIpc) is 3.81. The molecule has 2 aliphatic rings. The van der Waals surface area contributed by atoms with Crippen molar-refractivity contribution in [2.24, 2.45) is 0 Å². The standard InChI is InChI=1S/C32H38N6O6S/c1-22-13-18-29(44-22)31(32(40)34-23-8-3-2-4-9-23)38(30(39)21-37-28-12-6-5-11-27(28)35-36-37)24-14-16-26(17-15-24)45(41,42)33-20-25-10-7-19-43-25/h5-6,11-18,23,25,31,33H,2-4,7-10,19-21H2,1H3,(H,34,40)/t25-,31-/m1/s1. The van der Waals surface area contributed by atoms with E-state index in [1.54, 1.807) is 25.1 Å². The Morgan fingerprint density at radius 1 is 1.00 bits per heavy atom. The molecule has 1 saturated carbocycles. The lowest BCUT2D eigenvalue weighted by Gasteiger charge is -2.32. The first-order valence-electron chi connectivity index (χ1n) is 15.5. The summed E-state index contributed by atoms with van der Waals surface area (Å²) in [6.07, 6.45) is 6.44. The molecule has 2 aromatic heterocycles. The Morgan fingerprint density at radius 2 is 1.78 bits per heavy atom. The predicted octanol–water partition coefficient (Wildman–Crippen LogP) is 4.01. The Hall–Kier alpha value is -4.07. The maximum atomic E-state index is 14.3. The Morgan fingerprint density at radius 3 is 2.49 bits per heavy atom. The van der Waals surface area contributed by atoms with Crippen molar-refractivity contribution in [3.05, 3.63) is 72.2 Å². The van der Waals surface area contributed by atoms with E-state index in [4.69, 9.17) is 9.15 Å². The van der Waals surface area contributed by atoms with Gasteiger partial charge in [-0.2, -0.15) is 0 Å². The second-order valence-electron chi connectivity index (χ2n) is 11.7. The number of ether oxygens (including phenoxy) is 1. The minimum absolute atomic E-state index is 0.0107. The molecule has 2 aromatic carbocycles. The molecule has 6 rings (SSSR count). The monoisotopic (exact) mass is 634 g/mol. The third-order valence-electron chi connectivity index (χ3n) is 8.41. The molecule has 238 valence electrons. The van der Waals surface area contributed by atoms with E-state index in [2.05, 4.69) is 20.4 Å². The molecular weight excluding hydrogens is 596 g/mol. The molecule has 0 bridgehead atoms. The molecular formula is C32H38N6O6S. The lowest BCUT2D eigenvalue weighted by atomic mass is 9.95. The summed E-state index contributed by atoms with van der Waals surface area (Å²) >= 11 is 0. The minimum Gasteiger partial charge on any atom is -0.464 e. The highest BCUT2D eigenvalue weighted by atomic mass is 32.2. The summed E-state index contributed by atoms with van der Waals surface area (Å²) in [5.74, 6) is 0.0695. The number of sulfonamides is 1. The molecule has 0 spiro atoms. The van der Waals surface area contributed by atoms with Gasteiger partial charge in [-0.05, 0) is 81.1 Å². The number of nitrogens with one attached hydrogen (secondary N) is 2. The number of aryl methyl sites for hydroxylation is 1. The number of benzene rings is 2. The molecule has 1 aliphatic carbocycles. The van der Waals surface area contributed by atoms with Gasteiger partial charge in [0.05, 0.1) is 16.5 Å². The molecule has 2 atom stereocenters. The number of amides is 2. The van der Waals surface area contributed by atoms with E-state index in [1.165, 1.54) is 33.8 Å². The second-order valence-corrected chi connectivity index (χ2v) is 13.4. The van der Waals surface area contributed by atoms with Crippen molar-refractivity contribution in [2.75, 3.05) is 18.1 Å². The predicted molar refractivity (Wildman–Crippen MR) is 167 cm³/mol. The van der Waals surface area contributed by atoms with Crippen LogP contribution in [0, 0.1) is 6.92 Å². The molecule has 13 heteroatoms. The van der Waals surface area contributed by atoms with Gasteiger partial charge in [0, 0.05) is 24.9 Å². The Balaban J connectivity index is 1.34. The van der Waals surface area contributed by atoms with E-state index in [1.807, 2.05) is 18.2 Å². The first-order chi connectivity index (χ1) is 21.8. The molecule has 2 N–H and O–H groups in total. The average molecular weight is 635 g/mol. The Kier molecular flexibility index (Phi) is 9.29. The van der Waals surface area contributed by atoms with Gasteiger partial charge in [-0.1, -0.05) is 36.6 Å². The van der Waals surface area contributed by atoms with Crippen LogP contribution in [0.15, 0.2) is 70.0 Å². The zero-order valence-electron chi connectivity index (χ0n) is 25.2. The van der Waals surface area contributed by atoms with Gasteiger partial charge in [-0.3, -0.25) is 14.5 Å². The van der Waals surface area contributed by atoms with Crippen LogP contribution in [0.4, 0.5) is 5.69 Å². The Bertz CT molecular complexity index is 1740. The summed E-state index contributed by atoms with van der Waals surface area (Å²) in [5.41, 5.74) is 1.64. The smallest absolute Gasteiger partial charge is 0.251 e. The highest BCUT2D eigenvalue weighted by Crippen LogP contribution is 2.32. The fourth-order valence-corrected chi connectivity index (χ4v) is 7.12. The molecule has 1 saturated heterocycles. The molecule has 2 amide bonds. The van der Waals surface area contributed by atoms with Crippen LogP contribution in [0.25, 0.3) is 11.0 Å². The number of rotatable bonds is 11. The number of fused-ring (bicyclic) bond motifs is 1. The first kappa shape index (κ1) is 30.9. The largest absolute Gasteiger partial charge is 0.464 e. The summed E-state index contributed by atoms with van der Waals surface area (Å²) in [6, 6.07) is 15.5.